The van der Waals surface area contributed by atoms with Crippen molar-refractivity contribution in [3.05, 3.63) is 24.3 Å². The number of benzene rings is 1. The minimum absolute atomic E-state index is 0.0167. The number of piperazine rings is 1. The Hall–Kier alpha value is -2.08. The summed E-state index contributed by atoms with van der Waals surface area (Å²) >= 11 is 0. The lowest BCUT2D eigenvalue weighted by Gasteiger charge is -2.38. The first kappa shape index (κ1) is 17.7. The number of anilines is 2. The van der Waals surface area contributed by atoms with Gasteiger partial charge < -0.3 is 15.1 Å². The fourth-order valence-corrected chi connectivity index (χ4v) is 3.71. The van der Waals surface area contributed by atoms with Crippen LogP contribution in [0.4, 0.5) is 16.2 Å². The Morgan fingerprint density at radius 1 is 1.04 bits per heavy atom. The third-order valence-electron chi connectivity index (χ3n) is 5.42. The molecule has 1 saturated carbocycles. The van der Waals surface area contributed by atoms with E-state index in [4.69, 9.17) is 0 Å². The number of amides is 3. The lowest BCUT2D eigenvalue weighted by atomic mass is 10.2. The third kappa shape index (κ3) is 4.31. The summed E-state index contributed by atoms with van der Waals surface area (Å²) in [6, 6.07) is 8.04. The van der Waals surface area contributed by atoms with Crippen LogP contribution in [0.25, 0.3) is 0 Å². The van der Waals surface area contributed by atoms with Crippen molar-refractivity contribution in [3.63, 3.8) is 0 Å². The number of hydrogen-bond donors (Lipinski definition) is 1. The lowest BCUT2D eigenvalue weighted by molar-refractivity contribution is -0.116. The molecule has 2 aliphatic rings. The van der Waals surface area contributed by atoms with E-state index in [1.807, 2.05) is 29.2 Å². The minimum atomic E-state index is -0.0428. The zero-order chi connectivity index (χ0) is 17.8. The van der Waals surface area contributed by atoms with E-state index in [1.165, 1.54) is 32.6 Å². The average Bonchev–Trinajstić information content (AvgIpc) is 3.16. The van der Waals surface area contributed by atoms with E-state index in [2.05, 4.69) is 10.2 Å². The number of carbonyl (C=O) groups excluding carboxylic acids is 2. The summed E-state index contributed by atoms with van der Waals surface area (Å²) < 4.78 is 0. The highest BCUT2D eigenvalue weighted by atomic mass is 16.2. The van der Waals surface area contributed by atoms with Gasteiger partial charge in [0.05, 0.1) is 0 Å². The molecular formula is C19H28N4O2. The molecule has 1 N–H and O–H groups in total. The molecule has 25 heavy (non-hydrogen) atoms. The number of rotatable bonds is 3. The fourth-order valence-electron chi connectivity index (χ4n) is 3.71. The second-order valence-corrected chi connectivity index (χ2v) is 7.02. The van der Waals surface area contributed by atoms with Crippen molar-refractivity contribution >= 4 is 23.3 Å². The van der Waals surface area contributed by atoms with Crippen molar-refractivity contribution in [1.29, 1.82) is 0 Å². The van der Waals surface area contributed by atoms with Crippen LogP contribution in [0.2, 0.25) is 0 Å². The Labute approximate surface area is 149 Å². The molecule has 1 aliphatic heterocycles. The fraction of sp³-hybridized carbons (Fsp3) is 0.579. The van der Waals surface area contributed by atoms with Crippen LogP contribution in [0, 0.1) is 0 Å². The molecule has 1 aliphatic carbocycles. The molecule has 0 spiro atoms. The molecule has 3 rings (SSSR count). The summed E-state index contributed by atoms with van der Waals surface area (Å²) in [4.78, 5) is 29.8. The Morgan fingerprint density at radius 3 is 2.20 bits per heavy atom. The van der Waals surface area contributed by atoms with Crippen LogP contribution in [0.3, 0.4) is 0 Å². The second-order valence-electron chi connectivity index (χ2n) is 7.02. The zero-order valence-electron chi connectivity index (χ0n) is 15.2. The predicted octanol–water partition coefficient (Wildman–Crippen LogP) is 2.76. The molecule has 3 amide bonds. The number of hydrogen-bond acceptors (Lipinski definition) is 3. The molecule has 1 aromatic carbocycles. The summed E-state index contributed by atoms with van der Waals surface area (Å²) in [7, 11) is 1.74. The van der Waals surface area contributed by atoms with Crippen LogP contribution >= 0.6 is 0 Å². The summed E-state index contributed by atoms with van der Waals surface area (Å²) in [5.41, 5.74) is 1.57. The van der Waals surface area contributed by atoms with Crippen molar-refractivity contribution in [3.8, 4) is 0 Å². The summed E-state index contributed by atoms with van der Waals surface area (Å²) in [5.74, 6) is -0.0167. The maximum absolute atomic E-state index is 12.5. The van der Waals surface area contributed by atoms with Gasteiger partial charge in [-0.1, -0.05) is 12.8 Å². The topological polar surface area (TPSA) is 55.9 Å². The standard InChI is InChI=1S/C19H28N4O2/c1-15(24)21(2)17-9-7-16(8-10-17)20-19(25)23-13-11-22(12-14-23)18-5-3-4-6-18/h7-10,18H,3-6,11-14H2,1-2H3,(H,20,25). The molecule has 0 atom stereocenters. The van der Waals surface area contributed by atoms with Crippen LogP contribution in [0.5, 0.6) is 0 Å². The van der Waals surface area contributed by atoms with E-state index >= 15 is 0 Å². The van der Waals surface area contributed by atoms with Crippen LogP contribution < -0.4 is 10.2 Å². The monoisotopic (exact) mass is 344 g/mol. The van der Waals surface area contributed by atoms with Crippen LogP contribution in [0.1, 0.15) is 32.6 Å². The van der Waals surface area contributed by atoms with Gasteiger partial charge >= 0.3 is 6.03 Å². The van der Waals surface area contributed by atoms with E-state index in [-0.39, 0.29) is 11.9 Å². The number of urea groups is 1. The molecule has 6 nitrogen and oxygen atoms in total. The number of carbonyl (C=O) groups is 2. The largest absolute Gasteiger partial charge is 0.322 e. The molecular weight excluding hydrogens is 316 g/mol. The molecule has 1 saturated heterocycles. The predicted molar refractivity (Wildman–Crippen MR) is 99.9 cm³/mol. The van der Waals surface area contributed by atoms with Gasteiger partial charge in [-0.15, -0.1) is 0 Å². The molecule has 136 valence electrons. The van der Waals surface area contributed by atoms with Crippen molar-refractivity contribution in [2.45, 2.75) is 38.6 Å². The van der Waals surface area contributed by atoms with Gasteiger partial charge in [-0.25, -0.2) is 4.79 Å². The maximum Gasteiger partial charge on any atom is 0.321 e. The van der Waals surface area contributed by atoms with Crippen molar-refractivity contribution < 1.29 is 9.59 Å². The molecule has 0 unspecified atom stereocenters. The Morgan fingerprint density at radius 2 is 1.64 bits per heavy atom. The second kappa shape index (κ2) is 7.87. The van der Waals surface area contributed by atoms with Crippen molar-refractivity contribution in [1.82, 2.24) is 9.80 Å². The van der Waals surface area contributed by atoms with Gasteiger partial charge in [0.15, 0.2) is 0 Å². The Kier molecular flexibility index (Phi) is 5.58. The quantitative estimate of drug-likeness (QED) is 0.917. The van der Waals surface area contributed by atoms with E-state index in [9.17, 15) is 9.59 Å². The smallest absolute Gasteiger partial charge is 0.321 e. The van der Waals surface area contributed by atoms with Gasteiger partial charge in [-0.05, 0) is 37.1 Å². The SMILES string of the molecule is CC(=O)N(C)c1ccc(NC(=O)N2CCN(C3CCCC3)CC2)cc1. The van der Waals surface area contributed by atoms with Gasteiger partial charge in [0.2, 0.25) is 5.91 Å². The highest BCUT2D eigenvalue weighted by Crippen LogP contribution is 2.24. The van der Waals surface area contributed by atoms with E-state index in [0.717, 1.165) is 43.6 Å². The van der Waals surface area contributed by atoms with Gasteiger partial charge in [0.25, 0.3) is 0 Å². The Balaban J connectivity index is 1.50. The number of nitrogens with zero attached hydrogens (tertiary/aromatic N) is 3. The highest BCUT2D eigenvalue weighted by molar-refractivity contribution is 5.92. The van der Waals surface area contributed by atoms with Gasteiger partial charge in [-0.3, -0.25) is 9.69 Å². The lowest BCUT2D eigenvalue weighted by Crippen LogP contribution is -2.52. The molecule has 6 heteroatoms. The third-order valence-corrected chi connectivity index (χ3v) is 5.42. The summed E-state index contributed by atoms with van der Waals surface area (Å²) in [6.45, 7) is 5.04. The number of nitrogens with one attached hydrogen (secondary N) is 1. The first-order valence-electron chi connectivity index (χ1n) is 9.19. The maximum atomic E-state index is 12.5. The Bertz CT molecular complexity index is 602. The molecule has 1 aromatic rings. The van der Waals surface area contributed by atoms with E-state index < -0.39 is 0 Å². The normalized spacial score (nSPS) is 19.0. The summed E-state index contributed by atoms with van der Waals surface area (Å²) in [6.07, 6.45) is 5.32. The van der Waals surface area contributed by atoms with Gasteiger partial charge in [0, 0.05) is 57.6 Å². The zero-order valence-corrected chi connectivity index (χ0v) is 15.2. The average molecular weight is 344 g/mol. The molecule has 0 aromatic heterocycles. The first-order valence-corrected chi connectivity index (χ1v) is 9.19. The van der Waals surface area contributed by atoms with Crippen molar-refractivity contribution in [2.24, 2.45) is 0 Å². The summed E-state index contributed by atoms with van der Waals surface area (Å²) in [5, 5.41) is 2.96. The van der Waals surface area contributed by atoms with Gasteiger partial charge in [-0.2, -0.15) is 0 Å². The molecule has 0 bridgehead atoms. The highest BCUT2D eigenvalue weighted by Gasteiger charge is 2.27. The molecule has 1 heterocycles. The van der Waals surface area contributed by atoms with E-state index in [0.29, 0.717) is 0 Å². The molecule has 0 radical (unpaired) electrons. The first-order chi connectivity index (χ1) is 12.0. The van der Waals surface area contributed by atoms with Crippen LogP contribution in [0.15, 0.2) is 24.3 Å². The minimum Gasteiger partial charge on any atom is -0.322 e. The van der Waals surface area contributed by atoms with E-state index in [1.54, 1.807) is 11.9 Å². The van der Waals surface area contributed by atoms with Crippen molar-refractivity contribution in [2.75, 3.05) is 43.4 Å². The van der Waals surface area contributed by atoms with Gasteiger partial charge in [0.1, 0.15) is 0 Å². The molecule has 2 fully saturated rings. The van der Waals surface area contributed by atoms with Crippen LogP contribution in [-0.2, 0) is 4.79 Å². The van der Waals surface area contributed by atoms with Crippen LogP contribution in [-0.4, -0.2) is 61.0 Å².